The smallest absolute Gasteiger partial charge is 0.245 e. The lowest BCUT2D eigenvalue weighted by Gasteiger charge is -2.10. The van der Waals surface area contributed by atoms with E-state index in [2.05, 4.69) is 39.8 Å². The van der Waals surface area contributed by atoms with Gasteiger partial charge in [0.1, 0.15) is 5.69 Å². The van der Waals surface area contributed by atoms with E-state index in [1.807, 2.05) is 18.5 Å². The Balaban J connectivity index is 1.53. The summed E-state index contributed by atoms with van der Waals surface area (Å²) in [7, 11) is 1.90. The number of rotatable bonds is 2. The number of aromatic nitrogens is 6. The second-order valence-corrected chi connectivity index (χ2v) is 7.58. The quantitative estimate of drug-likeness (QED) is 0.656. The molecule has 5 rings (SSSR count). The van der Waals surface area contributed by atoms with Crippen molar-refractivity contribution >= 4 is 11.6 Å². The molecule has 1 saturated carbocycles. The Bertz CT molecular complexity index is 1090. The molecule has 2 aliphatic rings. The molecule has 0 unspecified atom stereocenters. The summed E-state index contributed by atoms with van der Waals surface area (Å²) in [6.45, 7) is 6.14. The van der Waals surface area contributed by atoms with Crippen LogP contribution in [0.1, 0.15) is 60.1 Å². The molecular weight excluding hydrogens is 338 g/mol. The highest BCUT2D eigenvalue weighted by Crippen LogP contribution is 2.42. The van der Waals surface area contributed by atoms with E-state index in [9.17, 15) is 0 Å². The van der Waals surface area contributed by atoms with Crippen molar-refractivity contribution in [3.8, 4) is 11.8 Å². The maximum Gasteiger partial charge on any atom is 0.245 e. The van der Waals surface area contributed by atoms with E-state index in [0.29, 0.717) is 11.7 Å². The van der Waals surface area contributed by atoms with E-state index < -0.39 is 0 Å². The first kappa shape index (κ1) is 16.3. The molecule has 4 heterocycles. The Morgan fingerprint density at radius 2 is 1.81 bits per heavy atom. The highest BCUT2D eigenvalue weighted by atomic mass is 15.4. The van der Waals surface area contributed by atoms with Crippen LogP contribution in [0.25, 0.3) is 5.65 Å². The van der Waals surface area contributed by atoms with E-state index in [0.717, 1.165) is 41.8 Å². The van der Waals surface area contributed by atoms with Crippen molar-refractivity contribution in [2.45, 2.75) is 45.4 Å². The highest BCUT2D eigenvalue weighted by molar-refractivity contribution is 5.55. The van der Waals surface area contributed by atoms with Crippen LogP contribution in [0.5, 0.6) is 0 Å². The molecule has 1 aliphatic heterocycles. The molecule has 3 aromatic heterocycles. The van der Waals surface area contributed by atoms with Gasteiger partial charge in [-0.3, -0.25) is 0 Å². The van der Waals surface area contributed by atoms with Gasteiger partial charge in [-0.15, -0.1) is 5.10 Å². The first-order chi connectivity index (χ1) is 13.1. The van der Waals surface area contributed by atoms with Crippen molar-refractivity contribution in [1.82, 2.24) is 29.4 Å². The number of fused-ring (bicyclic) bond motifs is 1. The fourth-order valence-corrected chi connectivity index (χ4v) is 3.66. The molecule has 1 saturated heterocycles. The van der Waals surface area contributed by atoms with Crippen molar-refractivity contribution in [1.29, 1.82) is 0 Å². The molecule has 0 radical (unpaired) electrons. The fourth-order valence-electron chi connectivity index (χ4n) is 3.66. The van der Waals surface area contributed by atoms with E-state index in [1.54, 1.807) is 4.68 Å². The molecular formula is C20H23N7. The van der Waals surface area contributed by atoms with Crippen molar-refractivity contribution in [3.05, 3.63) is 34.5 Å². The lowest BCUT2D eigenvalue weighted by Crippen LogP contribution is -2.19. The molecule has 0 spiro atoms. The number of hydrogen-bond donors (Lipinski definition) is 0. The summed E-state index contributed by atoms with van der Waals surface area (Å²) >= 11 is 0. The predicted molar refractivity (Wildman–Crippen MR) is 103 cm³/mol. The van der Waals surface area contributed by atoms with E-state index >= 15 is 0 Å². The van der Waals surface area contributed by atoms with Gasteiger partial charge in [-0.05, 0) is 63.4 Å². The minimum Gasteiger partial charge on any atom is -0.340 e. The highest BCUT2D eigenvalue weighted by Gasteiger charge is 2.28. The molecule has 3 aromatic rings. The summed E-state index contributed by atoms with van der Waals surface area (Å²) in [5, 5.41) is 9.23. The number of aryl methyl sites for hydroxylation is 3. The monoisotopic (exact) mass is 361 g/mol. The summed E-state index contributed by atoms with van der Waals surface area (Å²) in [5.41, 5.74) is 5.11. The molecule has 138 valence electrons. The van der Waals surface area contributed by atoms with Crippen LogP contribution in [-0.2, 0) is 7.05 Å². The third kappa shape index (κ3) is 2.85. The standard InChI is InChI=1S/C20H23N7/c1-13-14(2)27-19(21-13)17(15-6-7-15)12-16(23-27)8-9-18-22-20(24-25(18)3)26-10-4-5-11-26/h12,15H,4-7,10-11H2,1-3H3. The van der Waals surface area contributed by atoms with Gasteiger partial charge in [-0.25, -0.2) is 14.2 Å². The largest absolute Gasteiger partial charge is 0.340 e. The second kappa shape index (κ2) is 6.08. The molecule has 7 nitrogen and oxygen atoms in total. The molecule has 1 aliphatic carbocycles. The summed E-state index contributed by atoms with van der Waals surface area (Å²) in [6, 6.07) is 2.10. The first-order valence-electron chi connectivity index (χ1n) is 9.65. The molecule has 7 heteroatoms. The number of anilines is 1. The first-order valence-corrected chi connectivity index (χ1v) is 9.65. The average Bonchev–Trinajstić information content (AvgIpc) is 3.09. The van der Waals surface area contributed by atoms with Gasteiger partial charge in [0.2, 0.25) is 11.8 Å². The normalized spacial score (nSPS) is 16.8. The Kier molecular flexibility index (Phi) is 3.67. The van der Waals surface area contributed by atoms with Crippen molar-refractivity contribution in [3.63, 3.8) is 0 Å². The summed E-state index contributed by atoms with van der Waals surface area (Å²) in [6.07, 6.45) is 4.85. The van der Waals surface area contributed by atoms with Gasteiger partial charge in [0, 0.05) is 25.7 Å². The van der Waals surface area contributed by atoms with Gasteiger partial charge in [0.05, 0.1) is 11.4 Å². The number of imidazole rings is 1. The summed E-state index contributed by atoms with van der Waals surface area (Å²) in [4.78, 5) is 11.6. The Morgan fingerprint density at radius 3 is 2.56 bits per heavy atom. The Labute approximate surface area is 158 Å². The van der Waals surface area contributed by atoms with Crippen LogP contribution in [0, 0.1) is 25.7 Å². The fraction of sp³-hybridized carbons (Fsp3) is 0.500. The molecule has 0 N–H and O–H groups in total. The zero-order valence-corrected chi connectivity index (χ0v) is 16.0. The van der Waals surface area contributed by atoms with Gasteiger partial charge >= 0.3 is 0 Å². The van der Waals surface area contributed by atoms with Gasteiger partial charge in [-0.1, -0.05) is 0 Å². The molecule has 0 atom stereocenters. The molecule has 27 heavy (non-hydrogen) atoms. The third-order valence-electron chi connectivity index (χ3n) is 5.53. The molecule has 2 fully saturated rings. The Morgan fingerprint density at radius 1 is 1.04 bits per heavy atom. The molecule has 0 amide bonds. The van der Waals surface area contributed by atoms with Crippen LogP contribution in [0.3, 0.4) is 0 Å². The summed E-state index contributed by atoms with van der Waals surface area (Å²) < 4.78 is 3.70. The van der Waals surface area contributed by atoms with Crippen molar-refractivity contribution in [2.24, 2.45) is 7.05 Å². The van der Waals surface area contributed by atoms with E-state index in [1.165, 1.54) is 31.2 Å². The average molecular weight is 361 g/mol. The van der Waals surface area contributed by atoms with Crippen molar-refractivity contribution < 1.29 is 0 Å². The van der Waals surface area contributed by atoms with Gasteiger partial charge in [-0.2, -0.15) is 10.1 Å². The maximum absolute atomic E-state index is 4.72. The number of nitrogens with zero attached hydrogens (tertiary/aromatic N) is 7. The van der Waals surface area contributed by atoms with Crippen LogP contribution in [0.15, 0.2) is 6.07 Å². The predicted octanol–water partition coefficient (Wildman–Crippen LogP) is 2.35. The maximum atomic E-state index is 4.72. The second-order valence-electron chi connectivity index (χ2n) is 7.58. The van der Waals surface area contributed by atoms with Crippen molar-refractivity contribution in [2.75, 3.05) is 18.0 Å². The van der Waals surface area contributed by atoms with Crippen LogP contribution in [-0.4, -0.2) is 42.5 Å². The zero-order chi connectivity index (χ0) is 18.5. The molecule has 0 bridgehead atoms. The SMILES string of the molecule is Cc1nc2c(C3CC3)cc(C#Cc3nc(N4CCCC4)nn3C)nn2c1C. The Hall–Kier alpha value is -2.88. The van der Waals surface area contributed by atoms with Crippen LogP contribution in [0.2, 0.25) is 0 Å². The molecule has 0 aromatic carbocycles. The van der Waals surface area contributed by atoms with Crippen LogP contribution < -0.4 is 4.90 Å². The van der Waals surface area contributed by atoms with Crippen LogP contribution >= 0.6 is 0 Å². The van der Waals surface area contributed by atoms with Gasteiger partial charge < -0.3 is 4.90 Å². The topological polar surface area (TPSA) is 64.1 Å². The minimum atomic E-state index is 0.592. The lowest BCUT2D eigenvalue weighted by atomic mass is 10.1. The van der Waals surface area contributed by atoms with Gasteiger partial charge in [0.25, 0.3) is 0 Å². The van der Waals surface area contributed by atoms with Gasteiger partial charge in [0.15, 0.2) is 5.65 Å². The lowest BCUT2D eigenvalue weighted by molar-refractivity contribution is 0.745. The minimum absolute atomic E-state index is 0.592. The number of hydrogen-bond acceptors (Lipinski definition) is 5. The van der Waals surface area contributed by atoms with E-state index in [-0.39, 0.29) is 0 Å². The van der Waals surface area contributed by atoms with E-state index in [4.69, 9.17) is 10.1 Å². The van der Waals surface area contributed by atoms with Crippen LogP contribution in [0.4, 0.5) is 5.95 Å². The third-order valence-corrected chi connectivity index (χ3v) is 5.53. The summed E-state index contributed by atoms with van der Waals surface area (Å²) in [5.74, 6) is 8.42. The zero-order valence-electron chi connectivity index (χ0n) is 16.0.